The Morgan fingerprint density at radius 1 is 1.39 bits per heavy atom. The fourth-order valence-electron chi connectivity index (χ4n) is 1.95. The molecule has 1 saturated heterocycles. The fraction of sp³-hybridized carbons (Fsp3) is 0.143. The van der Waals surface area contributed by atoms with Crippen LogP contribution in [0.3, 0.4) is 0 Å². The summed E-state index contributed by atoms with van der Waals surface area (Å²) in [6, 6.07) is 5.67. The smallest absolute Gasteiger partial charge is 0.327 e. The first-order valence-corrected chi connectivity index (χ1v) is 8.28. The van der Waals surface area contributed by atoms with Gasteiger partial charge in [0.2, 0.25) is 0 Å². The molecule has 0 aromatic heterocycles. The van der Waals surface area contributed by atoms with E-state index in [1.54, 1.807) is 24.3 Å². The van der Waals surface area contributed by atoms with Crippen LogP contribution in [0.1, 0.15) is 12.0 Å². The molecule has 9 heteroatoms. The largest absolute Gasteiger partial charge is 0.481 e. The lowest BCUT2D eigenvalue weighted by molar-refractivity contribution is -0.150. The van der Waals surface area contributed by atoms with Gasteiger partial charge >= 0.3 is 11.9 Å². The average molecular weight is 416 g/mol. The third-order valence-electron chi connectivity index (χ3n) is 2.93. The molecule has 1 unspecified atom stereocenters. The summed E-state index contributed by atoms with van der Waals surface area (Å²) >= 11 is 9.32. The SMILES string of the molecule is O=C(O)CC(C(=O)O)N1C(=O)/C(=C\c2cccc(Br)c2)SC1=S. The van der Waals surface area contributed by atoms with Crippen molar-refractivity contribution in [3.63, 3.8) is 0 Å². The number of thiocarbonyl (C=S) groups is 1. The van der Waals surface area contributed by atoms with Crippen LogP contribution in [0.5, 0.6) is 0 Å². The minimum Gasteiger partial charge on any atom is -0.481 e. The highest BCUT2D eigenvalue weighted by Gasteiger charge is 2.41. The molecule has 120 valence electrons. The number of hydrogen-bond donors (Lipinski definition) is 2. The molecule has 2 N–H and O–H groups in total. The molecule has 1 fully saturated rings. The van der Waals surface area contributed by atoms with Gasteiger partial charge in [-0.2, -0.15) is 0 Å². The van der Waals surface area contributed by atoms with Gasteiger partial charge in [0.15, 0.2) is 0 Å². The van der Waals surface area contributed by atoms with Crippen molar-refractivity contribution >= 4 is 68.2 Å². The lowest BCUT2D eigenvalue weighted by Gasteiger charge is -2.21. The Morgan fingerprint density at radius 3 is 2.65 bits per heavy atom. The Labute approximate surface area is 149 Å². The van der Waals surface area contributed by atoms with Crippen molar-refractivity contribution in [2.45, 2.75) is 12.5 Å². The summed E-state index contributed by atoms with van der Waals surface area (Å²) in [5.41, 5.74) is 0.741. The first-order chi connectivity index (χ1) is 10.8. The van der Waals surface area contributed by atoms with Gasteiger partial charge in [0.05, 0.1) is 11.3 Å². The van der Waals surface area contributed by atoms with Gasteiger partial charge in [0.25, 0.3) is 5.91 Å². The summed E-state index contributed by atoms with van der Waals surface area (Å²) in [7, 11) is 0. The molecule has 0 saturated carbocycles. The first kappa shape index (κ1) is 17.6. The maximum absolute atomic E-state index is 12.4. The van der Waals surface area contributed by atoms with Crippen molar-refractivity contribution < 1.29 is 24.6 Å². The fourth-order valence-corrected chi connectivity index (χ4v) is 3.72. The van der Waals surface area contributed by atoms with Crippen LogP contribution < -0.4 is 0 Å². The minimum absolute atomic E-state index is 0.0323. The van der Waals surface area contributed by atoms with Crippen molar-refractivity contribution in [2.24, 2.45) is 0 Å². The second-order valence-corrected chi connectivity index (χ2v) is 7.15. The maximum Gasteiger partial charge on any atom is 0.327 e. The lowest BCUT2D eigenvalue weighted by atomic mass is 10.1. The number of carbonyl (C=O) groups excluding carboxylic acids is 1. The van der Waals surface area contributed by atoms with Gasteiger partial charge in [-0.05, 0) is 23.8 Å². The molecule has 1 aliphatic heterocycles. The second-order valence-electron chi connectivity index (χ2n) is 4.56. The summed E-state index contributed by atoms with van der Waals surface area (Å²) in [4.78, 5) is 35.6. The Kier molecular flexibility index (Phi) is 5.55. The number of carboxylic acids is 2. The van der Waals surface area contributed by atoms with E-state index in [1.807, 2.05) is 6.07 Å². The molecule has 1 aliphatic rings. The van der Waals surface area contributed by atoms with E-state index in [-0.39, 0.29) is 9.23 Å². The molecule has 0 bridgehead atoms. The lowest BCUT2D eigenvalue weighted by Crippen LogP contribution is -2.45. The molecule has 1 aromatic carbocycles. The molecule has 2 rings (SSSR count). The maximum atomic E-state index is 12.4. The van der Waals surface area contributed by atoms with Gasteiger partial charge in [0.1, 0.15) is 10.4 Å². The van der Waals surface area contributed by atoms with Crippen LogP contribution in [0.4, 0.5) is 0 Å². The van der Waals surface area contributed by atoms with Gasteiger partial charge in [-0.15, -0.1) is 0 Å². The van der Waals surface area contributed by atoms with E-state index < -0.39 is 30.3 Å². The summed E-state index contributed by atoms with van der Waals surface area (Å²) in [6.45, 7) is 0. The van der Waals surface area contributed by atoms with Crippen LogP contribution in [-0.4, -0.2) is 43.3 Å². The van der Waals surface area contributed by atoms with E-state index in [4.69, 9.17) is 17.3 Å². The van der Waals surface area contributed by atoms with E-state index in [0.717, 1.165) is 26.7 Å². The third kappa shape index (κ3) is 4.18. The number of nitrogens with zero attached hydrogens (tertiary/aromatic N) is 1. The van der Waals surface area contributed by atoms with E-state index in [0.29, 0.717) is 0 Å². The quantitative estimate of drug-likeness (QED) is 0.563. The third-order valence-corrected chi connectivity index (χ3v) is 4.76. The zero-order valence-electron chi connectivity index (χ0n) is 11.4. The zero-order valence-corrected chi connectivity index (χ0v) is 14.7. The number of carbonyl (C=O) groups is 3. The van der Waals surface area contributed by atoms with Gasteiger partial charge in [-0.25, -0.2) is 4.79 Å². The number of carboxylic acid groups (broad SMARTS) is 2. The first-order valence-electron chi connectivity index (χ1n) is 6.27. The van der Waals surface area contributed by atoms with E-state index in [2.05, 4.69) is 15.9 Å². The van der Waals surface area contributed by atoms with Crippen LogP contribution in [0.25, 0.3) is 6.08 Å². The van der Waals surface area contributed by atoms with Crippen LogP contribution in [-0.2, 0) is 14.4 Å². The predicted molar refractivity (Wildman–Crippen MR) is 92.8 cm³/mol. The summed E-state index contributed by atoms with van der Waals surface area (Å²) < 4.78 is 0.862. The van der Waals surface area contributed by atoms with Crippen molar-refractivity contribution in [3.05, 3.63) is 39.2 Å². The average Bonchev–Trinajstić information content (AvgIpc) is 2.71. The van der Waals surface area contributed by atoms with E-state index >= 15 is 0 Å². The van der Waals surface area contributed by atoms with Gasteiger partial charge in [-0.1, -0.05) is 52.0 Å². The Bertz CT molecular complexity index is 734. The summed E-state index contributed by atoms with van der Waals surface area (Å²) in [6.07, 6.45) is 0.871. The van der Waals surface area contributed by atoms with Crippen LogP contribution in [0.2, 0.25) is 0 Å². The monoisotopic (exact) mass is 415 g/mol. The number of halogens is 1. The number of aliphatic carboxylic acids is 2. The molecule has 1 aromatic rings. The summed E-state index contributed by atoms with van der Waals surface area (Å²) in [5.74, 6) is -3.33. The predicted octanol–water partition coefficient (Wildman–Crippen LogP) is 2.58. The number of hydrogen-bond acceptors (Lipinski definition) is 5. The zero-order chi connectivity index (χ0) is 17.1. The molecular weight excluding hydrogens is 406 g/mol. The molecule has 1 heterocycles. The highest BCUT2D eigenvalue weighted by Crippen LogP contribution is 2.34. The summed E-state index contributed by atoms with van der Waals surface area (Å²) in [5, 5.41) is 18.0. The van der Waals surface area contributed by atoms with E-state index in [1.165, 1.54) is 0 Å². The van der Waals surface area contributed by atoms with Crippen molar-refractivity contribution in [1.29, 1.82) is 0 Å². The molecule has 6 nitrogen and oxygen atoms in total. The Balaban J connectivity index is 2.32. The molecule has 0 aliphatic carbocycles. The second kappa shape index (κ2) is 7.24. The number of amides is 1. The number of benzene rings is 1. The molecular formula is C14H10BrNO5S2. The van der Waals surface area contributed by atoms with Crippen LogP contribution >= 0.6 is 39.9 Å². The standard InChI is InChI=1S/C14H10BrNO5S2/c15-8-3-1-2-7(4-8)5-10-12(19)16(14(22)23-10)9(13(20)21)6-11(17)18/h1-5,9H,6H2,(H,17,18)(H,20,21)/b10-5+. The molecule has 0 radical (unpaired) electrons. The van der Waals surface area contributed by atoms with E-state index in [9.17, 15) is 19.5 Å². The minimum atomic E-state index is -1.52. The Hall–Kier alpha value is -1.71. The van der Waals surface area contributed by atoms with Gasteiger partial charge in [0, 0.05) is 4.47 Å². The molecule has 1 amide bonds. The molecule has 1 atom stereocenters. The van der Waals surface area contributed by atoms with Gasteiger partial charge in [-0.3, -0.25) is 14.5 Å². The van der Waals surface area contributed by atoms with Gasteiger partial charge < -0.3 is 10.2 Å². The van der Waals surface area contributed by atoms with Crippen LogP contribution in [0, 0.1) is 0 Å². The topological polar surface area (TPSA) is 94.9 Å². The van der Waals surface area contributed by atoms with Crippen molar-refractivity contribution in [2.75, 3.05) is 0 Å². The van der Waals surface area contributed by atoms with Crippen molar-refractivity contribution in [3.8, 4) is 0 Å². The molecule has 0 spiro atoms. The highest BCUT2D eigenvalue weighted by molar-refractivity contribution is 9.10. The Morgan fingerprint density at radius 2 is 2.09 bits per heavy atom. The van der Waals surface area contributed by atoms with Crippen molar-refractivity contribution in [1.82, 2.24) is 4.90 Å². The normalized spacial score (nSPS) is 17.6. The van der Waals surface area contributed by atoms with Crippen LogP contribution in [0.15, 0.2) is 33.6 Å². The molecule has 23 heavy (non-hydrogen) atoms. The number of rotatable bonds is 5. The highest BCUT2D eigenvalue weighted by atomic mass is 79.9. The number of thioether (sulfide) groups is 1.